The first-order valence-corrected chi connectivity index (χ1v) is 11.5. The van der Waals surface area contributed by atoms with E-state index in [1.807, 2.05) is 0 Å². The van der Waals surface area contributed by atoms with Gasteiger partial charge < -0.3 is 15.4 Å². The van der Waals surface area contributed by atoms with E-state index in [2.05, 4.69) is 15.1 Å². The number of nitrogens with two attached hydrogens (primary N) is 1. The molecule has 3 aromatic heterocycles. The Kier molecular flexibility index (Phi) is 5.26. The van der Waals surface area contributed by atoms with Crippen molar-refractivity contribution in [2.45, 2.75) is 18.8 Å². The summed E-state index contributed by atoms with van der Waals surface area (Å²) >= 11 is 0. The van der Waals surface area contributed by atoms with Crippen molar-refractivity contribution >= 4 is 28.3 Å². The molecular formula is C25H19F4N7O2. The molecule has 13 heteroatoms. The fourth-order valence-electron chi connectivity index (χ4n) is 4.76. The largest absolute Gasteiger partial charge is 0.504 e. The molecule has 38 heavy (non-hydrogen) atoms. The molecule has 9 nitrogen and oxygen atoms in total. The van der Waals surface area contributed by atoms with E-state index in [-0.39, 0.29) is 33.8 Å². The number of carbonyl (C=O) groups is 1. The first-order chi connectivity index (χ1) is 18.1. The molecule has 1 aliphatic heterocycles. The summed E-state index contributed by atoms with van der Waals surface area (Å²) in [5.41, 5.74) is 8.48. The van der Waals surface area contributed by atoms with Crippen LogP contribution in [0, 0.1) is 5.82 Å². The molecule has 1 aliphatic rings. The monoisotopic (exact) mass is 525 g/mol. The van der Waals surface area contributed by atoms with Crippen LogP contribution in [0.15, 0.2) is 55.2 Å². The van der Waals surface area contributed by atoms with E-state index in [4.69, 9.17) is 10.5 Å². The van der Waals surface area contributed by atoms with Gasteiger partial charge in [0, 0.05) is 36.9 Å². The van der Waals surface area contributed by atoms with E-state index in [1.54, 1.807) is 29.6 Å². The third-order valence-electron chi connectivity index (χ3n) is 6.68. The lowest BCUT2D eigenvalue weighted by Gasteiger charge is -2.33. The van der Waals surface area contributed by atoms with Crippen molar-refractivity contribution in [3.63, 3.8) is 0 Å². The van der Waals surface area contributed by atoms with Gasteiger partial charge in [0.1, 0.15) is 22.9 Å². The summed E-state index contributed by atoms with van der Waals surface area (Å²) < 4.78 is 61.3. The molecule has 0 radical (unpaired) electrons. The van der Waals surface area contributed by atoms with Crippen molar-refractivity contribution in [1.82, 2.24) is 29.0 Å². The van der Waals surface area contributed by atoms with Crippen molar-refractivity contribution < 1.29 is 27.1 Å². The lowest BCUT2D eigenvalue weighted by atomic mass is 9.96. The summed E-state index contributed by atoms with van der Waals surface area (Å²) in [6, 6.07) is 7.08. The van der Waals surface area contributed by atoms with E-state index in [1.165, 1.54) is 23.5 Å². The van der Waals surface area contributed by atoms with Crippen LogP contribution in [0.25, 0.3) is 27.7 Å². The highest BCUT2D eigenvalue weighted by Gasteiger charge is 2.33. The molecule has 0 bridgehead atoms. The van der Waals surface area contributed by atoms with Gasteiger partial charge in [-0.25, -0.2) is 14.4 Å². The van der Waals surface area contributed by atoms with Gasteiger partial charge in [-0.15, -0.1) is 13.2 Å². The predicted molar refractivity (Wildman–Crippen MR) is 129 cm³/mol. The van der Waals surface area contributed by atoms with Crippen LogP contribution in [0.3, 0.4) is 0 Å². The maximum atomic E-state index is 15.1. The van der Waals surface area contributed by atoms with E-state index < -0.39 is 24.1 Å². The molecule has 0 aliphatic carbocycles. The van der Waals surface area contributed by atoms with Crippen molar-refractivity contribution in [3.05, 3.63) is 72.2 Å². The number of hydrogen-bond donors (Lipinski definition) is 1. The maximum Gasteiger partial charge on any atom is 0.504 e. The second-order valence-corrected chi connectivity index (χ2v) is 8.93. The minimum absolute atomic E-state index is 0.0720. The number of alkyl halides is 3. The van der Waals surface area contributed by atoms with Crippen LogP contribution < -0.4 is 10.5 Å². The van der Waals surface area contributed by atoms with Gasteiger partial charge in [0.15, 0.2) is 0 Å². The number of fused-ring (bicyclic) bond motifs is 4. The van der Waals surface area contributed by atoms with Gasteiger partial charge in [0.2, 0.25) is 0 Å². The van der Waals surface area contributed by atoms with Crippen LogP contribution in [0.4, 0.5) is 23.4 Å². The van der Waals surface area contributed by atoms with E-state index in [9.17, 15) is 18.0 Å². The van der Waals surface area contributed by atoms with Crippen molar-refractivity contribution in [3.8, 4) is 16.9 Å². The zero-order chi connectivity index (χ0) is 26.8. The quantitative estimate of drug-likeness (QED) is 0.347. The number of halogens is 4. The molecule has 1 amide bonds. The Morgan fingerprint density at radius 1 is 1.16 bits per heavy atom. The molecule has 0 saturated carbocycles. The zero-order valence-corrected chi connectivity index (χ0v) is 19.8. The summed E-state index contributed by atoms with van der Waals surface area (Å²) in [5, 5.41) is 3.37. The predicted octanol–water partition coefficient (Wildman–Crippen LogP) is 4.54. The standard InChI is InChI=1S/C25H19F4N7O2/c1-34(24(37)16-7-20-18(8-17(16)26)33-23(30)21-10-31-12-35(20)21)19-4-5-38-22-6-13(2-3-15(19)22)14-9-32-36(11-14)25(27,28)29/h2-3,6-12,19H,4-5H2,1H3,(H2,30,33)/t19-/m1/s1. The Morgan fingerprint density at radius 3 is 2.74 bits per heavy atom. The number of ether oxygens (including phenoxy) is 1. The first kappa shape index (κ1) is 23.7. The number of amides is 1. The second kappa shape index (κ2) is 8.43. The minimum Gasteiger partial charge on any atom is -0.493 e. The number of hydrogen-bond acceptors (Lipinski definition) is 6. The van der Waals surface area contributed by atoms with E-state index in [0.29, 0.717) is 34.3 Å². The topological polar surface area (TPSA) is 104 Å². The molecule has 6 rings (SSSR count). The highest BCUT2D eigenvalue weighted by molar-refractivity contribution is 5.98. The number of carbonyl (C=O) groups excluding carboxylic acids is 1. The van der Waals surface area contributed by atoms with Crippen LogP contribution in [0.2, 0.25) is 0 Å². The minimum atomic E-state index is -4.62. The summed E-state index contributed by atoms with van der Waals surface area (Å²) in [6.07, 6.45) is 0.866. The third kappa shape index (κ3) is 3.78. The number of anilines is 1. The number of imidazole rings is 1. The van der Waals surface area contributed by atoms with Crippen LogP contribution in [-0.2, 0) is 6.30 Å². The van der Waals surface area contributed by atoms with Gasteiger partial charge in [0.25, 0.3) is 5.91 Å². The fraction of sp³-hybridized carbons (Fsp3) is 0.200. The molecule has 2 aromatic carbocycles. The summed E-state index contributed by atoms with van der Waals surface area (Å²) in [5.74, 6) is -0.681. The second-order valence-electron chi connectivity index (χ2n) is 8.93. The fourth-order valence-corrected chi connectivity index (χ4v) is 4.76. The molecule has 0 fully saturated rings. The number of benzene rings is 2. The molecule has 0 spiro atoms. The Bertz CT molecular complexity index is 1730. The van der Waals surface area contributed by atoms with Crippen LogP contribution >= 0.6 is 0 Å². The van der Waals surface area contributed by atoms with Crippen molar-refractivity contribution in [2.24, 2.45) is 0 Å². The van der Waals surface area contributed by atoms with Gasteiger partial charge in [-0.2, -0.15) is 9.78 Å². The normalized spacial score (nSPS) is 15.4. The number of rotatable bonds is 3. The first-order valence-electron chi connectivity index (χ1n) is 11.5. The lowest BCUT2D eigenvalue weighted by molar-refractivity contribution is -0.212. The third-order valence-corrected chi connectivity index (χ3v) is 6.68. The number of nitrogen functional groups attached to an aromatic ring is 1. The SMILES string of the molecule is CN(C(=O)c1cc2c(cc1F)nc(N)c1cncn12)[C@@H]1CCOc2cc(-c3cnn(C(F)(F)F)c3)ccc21. The smallest absolute Gasteiger partial charge is 0.493 e. The average Bonchev–Trinajstić information content (AvgIpc) is 3.58. The highest BCUT2D eigenvalue weighted by Crippen LogP contribution is 2.39. The van der Waals surface area contributed by atoms with Gasteiger partial charge in [-0.05, 0) is 17.7 Å². The lowest BCUT2D eigenvalue weighted by Crippen LogP contribution is -2.34. The van der Waals surface area contributed by atoms with Crippen LogP contribution in [-0.4, -0.2) is 48.6 Å². The number of nitrogens with zero attached hydrogens (tertiary/aromatic N) is 6. The molecular weight excluding hydrogens is 506 g/mol. The highest BCUT2D eigenvalue weighted by atomic mass is 19.4. The summed E-state index contributed by atoms with van der Waals surface area (Å²) in [6.45, 7) is 0.264. The molecule has 2 N–H and O–H groups in total. The molecule has 5 aromatic rings. The zero-order valence-electron chi connectivity index (χ0n) is 19.8. The van der Waals surface area contributed by atoms with E-state index in [0.717, 1.165) is 18.5 Å². The average molecular weight is 525 g/mol. The van der Waals surface area contributed by atoms with Crippen molar-refractivity contribution in [1.29, 1.82) is 0 Å². The van der Waals surface area contributed by atoms with E-state index >= 15 is 4.39 Å². The Morgan fingerprint density at radius 2 is 1.97 bits per heavy atom. The molecule has 0 saturated heterocycles. The molecule has 1 atom stereocenters. The Balaban J connectivity index is 1.33. The summed E-state index contributed by atoms with van der Waals surface area (Å²) in [4.78, 5) is 23.2. The van der Waals surface area contributed by atoms with Gasteiger partial charge in [-0.3, -0.25) is 9.20 Å². The molecule has 194 valence electrons. The van der Waals surface area contributed by atoms with Gasteiger partial charge in [0.05, 0.1) is 48.0 Å². The molecule has 0 unspecified atom stereocenters. The van der Waals surface area contributed by atoms with Crippen LogP contribution in [0.1, 0.15) is 28.4 Å². The van der Waals surface area contributed by atoms with Crippen LogP contribution in [0.5, 0.6) is 5.75 Å². The summed E-state index contributed by atoms with van der Waals surface area (Å²) in [7, 11) is 1.57. The number of aromatic nitrogens is 5. The van der Waals surface area contributed by atoms with Crippen molar-refractivity contribution in [2.75, 3.05) is 19.4 Å². The Hall–Kier alpha value is -4.68. The van der Waals surface area contributed by atoms with Gasteiger partial charge in [-0.1, -0.05) is 12.1 Å². The van der Waals surface area contributed by atoms with Gasteiger partial charge >= 0.3 is 6.30 Å². The molecule has 4 heterocycles. The maximum absolute atomic E-state index is 15.1. The Labute approximate surface area is 212 Å².